The maximum atomic E-state index is 5.87. The second-order valence-corrected chi connectivity index (χ2v) is 4.58. The number of hydrogen-bond acceptors (Lipinski definition) is 6. The van der Waals surface area contributed by atoms with Gasteiger partial charge in [-0.3, -0.25) is 0 Å². The molecule has 1 unspecified atom stereocenters. The molecule has 0 spiro atoms. The number of nitrogens with two attached hydrogens (primary N) is 1. The number of fused-ring (bicyclic) bond motifs is 1. The number of benzene rings is 1. The second kappa shape index (κ2) is 5.88. The van der Waals surface area contributed by atoms with Gasteiger partial charge in [-0.15, -0.1) is 0 Å². The van der Waals surface area contributed by atoms with Crippen LogP contribution in [0, 0.1) is 0 Å². The highest BCUT2D eigenvalue weighted by Gasteiger charge is 2.19. The van der Waals surface area contributed by atoms with Gasteiger partial charge in [0.25, 0.3) is 0 Å². The monoisotopic (exact) mass is 264 g/mol. The van der Waals surface area contributed by atoms with Crippen LogP contribution >= 0.6 is 0 Å². The van der Waals surface area contributed by atoms with Crippen LogP contribution < -0.4 is 10.6 Å². The van der Waals surface area contributed by atoms with Gasteiger partial charge in [0.05, 0.1) is 18.0 Å². The van der Waals surface area contributed by atoms with Crippen molar-refractivity contribution in [2.75, 3.05) is 30.9 Å². The minimum Gasteiger partial charge on any atom is -0.397 e. The summed E-state index contributed by atoms with van der Waals surface area (Å²) in [5.41, 5.74) is 8.75. The summed E-state index contributed by atoms with van der Waals surface area (Å²) in [7, 11) is 1.70. The highest BCUT2D eigenvalue weighted by molar-refractivity contribution is 5.95. The van der Waals surface area contributed by atoms with E-state index in [9.17, 15) is 0 Å². The first-order valence-electron chi connectivity index (χ1n) is 6.45. The van der Waals surface area contributed by atoms with Gasteiger partial charge in [0.2, 0.25) is 0 Å². The molecule has 0 fully saturated rings. The Labute approximate surface area is 112 Å². The summed E-state index contributed by atoms with van der Waals surface area (Å²) >= 11 is 0. The summed E-state index contributed by atoms with van der Waals surface area (Å²) in [5, 5.41) is 7.83. The lowest BCUT2D eigenvalue weighted by molar-refractivity contribution is 0.203. The van der Waals surface area contributed by atoms with Crippen LogP contribution in [0.4, 0.5) is 11.4 Å². The average molecular weight is 264 g/mol. The molecule has 0 aliphatic heterocycles. The molecule has 0 saturated carbocycles. The highest BCUT2D eigenvalue weighted by Crippen LogP contribution is 2.29. The summed E-state index contributed by atoms with van der Waals surface area (Å²) in [6.45, 7) is 5.77. The molecule has 104 valence electrons. The first-order chi connectivity index (χ1) is 9.19. The number of anilines is 2. The number of hydrogen-bond donors (Lipinski definition) is 1. The third-order valence-electron chi connectivity index (χ3n) is 3.39. The van der Waals surface area contributed by atoms with E-state index in [2.05, 4.69) is 29.1 Å². The SMILES string of the molecule is CCC(C)N(CCOC)c1ccc(N)c2nonc12. The quantitative estimate of drug-likeness (QED) is 0.805. The Kier molecular flexibility index (Phi) is 4.21. The first kappa shape index (κ1) is 13.6. The van der Waals surface area contributed by atoms with Gasteiger partial charge in [-0.25, -0.2) is 4.63 Å². The number of rotatable bonds is 6. The third kappa shape index (κ3) is 2.63. The van der Waals surface area contributed by atoms with Crippen LogP contribution in [0.5, 0.6) is 0 Å². The summed E-state index contributed by atoms with van der Waals surface area (Å²) < 4.78 is 10.00. The van der Waals surface area contributed by atoms with Gasteiger partial charge in [0, 0.05) is 19.7 Å². The zero-order valence-electron chi connectivity index (χ0n) is 11.6. The number of aromatic nitrogens is 2. The molecule has 0 aliphatic carbocycles. The maximum absolute atomic E-state index is 5.87. The third-order valence-corrected chi connectivity index (χ3v) is 3.39. The van der Waals surface area contributed by atoms with E-state index in [0.717, 1.165) is 18.7 Å². The Balaban J connectivity index is 2.43. The van der Waals surface area contributed by atoms with Crippen molar-refractivity contribution < 1.29 is 9.37 Å². The maximum Gasteiger partial charge on any atom is 0.160 e. The molecule has 0 saturated heterocycles. The lowest BCUT2D eigenvalue weighted by Gasteiger charge is -2.30. The molecule has 0 bridgehead atoms. The molecule has 0 amide bonds. The molecular weight excluding hydrogens is 244 g/mol. The molecule has 1 atom stereocenters. The molecule has 19 heavy (non-hydrogen) atoms. The van der Waals surface area contributed by atoms with Gasteiger partial charge in [0.15, 0.2) is 11.0 Å². The number of nitrogen functional groups attached to an aromatic ring is 1. The standard InChI is InChI=1S/C13H20N4O2/c1-4-9(2)17(7-8-18-3)11-6-5-10(14)12-13(11)16-19-15-12/h5-6,9H,4,7-8,14H2,1-3H3. The van der Waals surface area contributed by atoms with Gasteiger partial charge < -0.3 is 15.4 Å². The van der Waals surface area contributed by atoms with E-state index in [-0.39, 0.29) is 0 Å². The number of ether oxygens (including phenoxy) is 1. The summed E-state index contributed by atoms with van der Waals surface area (Å²) in [6.07, 6.45) is 1.03. The van der Waals surface area contributed by atoms with Crippen LogP contribution in [0.15, 0.2) is 16.8 Å². The average Bonchev–Trinajstić information content (AvgIpc) is 2.91. The summed E-state index contributed by atoms with van der Waals surface area (Å²) in [5.74, 6) is 0. The molecule has 6 nitrogen and oxygen atoms in total. The van der Waals surface area contributed by atoms with E-state index in [1.807, 2.05) is 12.1 Å². The van der Waals surface area contributed by atoms with Crippen molar-refractivity contribution in [3.63, 3.8) is 0 Å². The van der Waals surface area contributed by atoms with Crippen molar-refractivity contribution in [1.82, 2.24) is 10.3 Å². The zero-order valence-corrected chi connectivity index (χ0v) is 11.6. The van der Waals surface area contributed by atoms with Crippen LogP contribution in [-0.4, -0.2) is 36.6 Å². The lowest BCUT2D eigenvalue weighted by Crippen LogP contribution is -2.35. The topological polar surface area (TPSA) is 77.4 Å². The molecule has 0 aliphatic rings. The second-order valence-electron chi connectivity index (χ2n) is 4.58. The highest BCUT2D eigenvalue weighted by atomic mass is 16.6. The van der Waals surface area contributed by atoms with Crippen LogP contribution in [0.2, 0.25) is 0 Å². The Hall–Kier alpha value is -1.82. The Morgan fingerprint density at radius 1 is 1.37 bits per heavy atom. The fourth-order valence-electron chi connectivity index (χ4n) is 2.09. The van der Waals surface area contributed by atoms with Crippen molar-refractivity contribution in [2.24, 2.45) is 0 Å². The van der Waals surface area contributed by atoms with E-state index in [1.165, 1.54) is 0 Å². The molecule has 1 aromatic heterocycles. The van der Waals surface area contributed by atoms with E-state index in [4.69, 9.17) is 15.1 Å². The predicted octanol–water partition coefficient (Wildman–Crippen LogP) is 2.06. The Morgan fingerprint density at radius 3 is 2.79 bits per heavy atom. The summed E-state index contributed by atoms with van der Waals surface area (Å²) in [4.78, 5) is 2.25. The number of nitrogens with zero attached hydrogens (tertiary/aromatic N) is 3. The molecule has 1 heterocycles. The smallest absolute Gasteiger partial charge is 0.160 e. The van der Waals surface area contributed by atoms with E-state index < -0.39 is 0 Å². The zero-order chi connectivity index (χ0) is 13.8. The van der Waals surface area contributed by atoms with E-state index in [0.29, 0.717) is 29.4 Å². The molecule has 2 aromatic rings. The van der Waals surface area contributed by atoms with Crippen LogP contribution in [0.1, 0.15) is 20.3 Å². The van der Waals surface area contributed by atoms with Crippen molar-refractivity contribution >= 4 is 22.4 Å². The van der Waals surface area contributed by atoms with Gasteiger partial charge in [-0.2, -0.15) is 0 Å². The molecule has 0 radical (unpaired) electrons. The normalized spacial score (nSPS) is 12.8. The summed E-state index contributed by atoms with van der Waals surface area (Å²) in [6, 6.07) is 4.17. The molecular formula is C13H20N4O2. The number of methoxy groups -OCH3 is 1. The molecule has 2 N–H and O–H groups in total. The van der Waals surface area contributed by atoms with Gasteiger partial charge in [0.1, 0.15) is 0 Å². The van der Waals surface area contributed by atoms with Crippen LogP contribution in [-0.2, 0) is 4.74 Å². The van der Waals surface area contributed by atoms with Gasteiger partial charge in [-0.05, 0) is 35.8 Å². The van der Waals surface area contributed by atoms with Crippen LogP contribution in [0.3, 0.4) is 0 Å². The largest absolute Gasteiger partial charge is 0.397 e. The fourth-order valence-corrected chi connectivity index (χ4v) is 2.09. The van der Waals surface area contributed by atoms with Crippen LogP contribution in [0.25, 0.3) is 11.0 Å². The van der Waals surface area contributed by atoms with Crippen molar-refractivity contribution in [3.8, 4) is 0 Å². The predicted molar refractivity (Wildman–Crippen MR) is 75.2 cm³/mol. The van der Waals surface area contributed by atoms with Crippen molar-refractivity contribution in [3.05, 3.63) is 12.1 Å². The van der Waals surface area contributed by atoms with Gasteiger partial charge >= 0.3 is 0 Å². The van der Waals surface area contributed by atoms with E-state index >= 15 is 0 Å². The first-order valence-corrected chi connectivity index (χ1v) is 6.45. The molecule has 2 rings (SSSR count). The molecule has 1 aromatic carbocycles. The lowest BCUT2D eigenvalue weighted by atomic mass is 10.1. The van der Waals surface area contributed by atoms with E-state index in [1.54, 1.807) is 7.11 Å². The van der Waals surface area contributed by atoms with Crippen molar-refractivity contribution in [1.29, 1.82) is 0 Å². The minimum atomic E-state index is 0.374. The minimum absolute atomic E-state index is 0.374. The van der Waals surface area contributed by atoms with Crippen molar-refractivity contribution in [2.45, 2.75) is 26.3 Å². The molecule has 6 heteroatoms. The fraction of sp³-hybridized carbons (Fsp3) is 0.538. The Morgan fingerprint density at radius 2 is 2.11 bits per heavy atom. The van der Waals surface area contributed by atoms with Gasteiger partial charge in [-0.1, -0.05) is 6.92 Å². The Bertz CT molecular complexity index is 540.